The van der Waals surface area contributed by atoms with Crippen LogP contribution in [0.1, 0.15) is 6.23 Å². The number of hydrogen-bond donors (Lipinski definition) is 3. The molecule has 2 aromatic heterocycles. The lowest BCUT2D eigenvalue weighted by Gasteiger charge is -2.21. The minimum atomic E-state index is -2.10. The minimum absolute atomic E-state index is 0.0136. The zero-order valence-corrected chi connectivity index (χ0v) is 13.6. The van der Waals surface area contributed by atoms with Crippen molar-refractivity contribution in [2.75, 3.05) is 5.73 Å². The molecule has 1 amide bonds. The summed E-state index contributed by atoms with van der Waals surface area (Å²) in [6.07, 6.45) is -6.88. The molecule has 5 N–H and O–H groups in total. The maximum Gasteiger partial charge on any atom is 0.295 e. The highest BCUT2D eigenvalue weighted by Crippen LogP contribution is 2.37. The largest absolute Gasteiger partial charge is 0.382 e. The van der Waals surface area contributed by atoms with E-state index in [9.17, 15) is 30.1 Å². The van der Waals surface area contributed by atoms with Gasteiger partial charge in [-0.15, -0.1) is 20.2 Å². The van der Waals surface area contributed by atoms with Gasteiger partial charge >= 0.3 is 0 Å². The second-order valence-corrected chi connectivity index (χ2v) is 5.51. The van der Waals surface area contributed by atoms with Crippen LogP contribution in [0.3, 0.4) is 0 Å². The van der Waals surface area contributed by atoms with Crippen molar-refractivity contribution >= 4 is 22.9 Å². The van der Waals surface area contributed by atoms with Crippen LogP contribution in [0.4, 0.5) is 5.82 Å². The maximum atomic E-state index is 11.3. The van der Waals surface area contributed by atoms with E-state index in [-0.39, 0.29) is 17.0 Å². The van der Waals surface area contributed by atoms with Crippen LogP contribution >= 0.6 is 0 Å². The Kier molecular flexibility index (Phi) is 4.76. The van der Waals surface area contributed by atoms with E-state index in [0.29, 0.717) is 0 Å². The summed E-state index contributed by atoms with van der Waals surface area (Å²) in [5, 5.41) is 29.2. The number of carbonyl (C=O) groups is 1. The summed E-state index contributed by atoms with van der Waals surface area (Å²) >= 11 is 0. The van der Waals surface area contributed by atoms with Crippen molar-refractivity contribution in [3.8, 4) is 0 Å². The molecular formula is C11H12N8O9. The van der Waals surface area contributed by atoms with E-state index in [4.69, 9.17) is 16.2 Å². The number of aromatic nitrogens is 4. The van der Waals surface area contributed by atoms with Gasteiger partial charge in [0.15, 0.2) is 36.0 Å². The quantitative estimate of drug-likeness (QED) is 0.316. The Hall–Kier alpha value is -3.86. The fraction of sp³-hybridized carbons (Fsp3) is 0.455. The third kappa shape index (κ3) is 3.25. The molecule has 0 saturated carbocycles. The summed E-state index contributed by atoms with van der Waals surface area (Å²) < 4.78 is 6.52. The zero-order chi connectivity index (χ0) is 20.6. The second kappa shape index (κ2) is 7.04. The first-order valence-electron chi connectivity index (χ1n) is 7.39. The summed E-state index contributed by atoms with van der Waals surface area (Å²) in [6.45, 7) is 0. The Bertz CT molecular complexity index is 934. The molecule has 1 fully saturated rings. The molecule has 0 radical (unpaired) electrons. The van der Waals surface area contributed by atoms with Crippen molar-refractivity contribution in [2.24, 2.45) is 5.73 Å². The molecule has 1 aliphatic heterocycles. The third-order valence-electron chi connectivity index (χ3n) is 3.90. The summed E-state index contributed by atoms with van der Waals surface area (Å²) in [6, 6.07) is 0. The number of amides is 1. The fourth-order valence-corrected chi connectivity index (χ4v) is 2.79. The Morgan fingerprint density at radius 3 is 2.50 bits per heavy atom. The van der Waals surface area contributed by atoms with E-state index >= 15 is 0 Å². The van der Waals surface area contributed by atoms with Gasteiger partial charge in [0.25, 0.3) is 10.2 Å². The normalized spacial score (nSPS) is 25.3. The van der Waals surface area contributed by atoms with Crippen LogP contribution in [0.15, 0.2) is 12.7 Å². The zero-order valence-electron chi connectivity index (χ0n) is 13.6. The highest BCUT2D eigenvalue weighted by molar-refractivity contribution is 5.81. The van der Waals surface area contributed by atoms with Crippen LogP contribution in [0.5, 0.6) is 0 Å². The molecule has 1 aliphatic rings. The second-order valence-electron chi connectivity index (χ2n) is 5.51. The SMILES string of the molecule is NC(=O)C(O)[C@H]1O[C@@H](n2cnc3c(N)ncnc32)[C@H](O[N+](=O)[O-])[C@@H]1O[N+](=O)[O-]. The topological polar surface area (TPSA) is 247 Å². The molecule has 28 heavy (non-hydrogen) atoms. The number of fused-ring (bicyclic) bond motifs is 1. The molecule has 1 unspecified atom stereocenters. The van der Waals surface area contributed by atoms with Gasteiger partial charge in [-0.25, -0.2) is 15.0 Å². The van der Waals surface area contributed by atoms with Gasteiger partial charge in [0.1, 0.15) is 17.9 Å². The lowest BCUT2D eigenvalue weighted by Crippen LogP contribution is -2.48. The van der Waals surface area contributed by atoms with Crippen molar-refractivity contribution in [1.82, 2.24) is 19.5 Å². The lowest BCUT2D eigenvalue weighted by atomic mass is 10.1. The summed E-state index contributed by atoms with van der Waals surface area (Å²) in [5.74, 6) is -1.31. The predicted octanol–water partition coefficient (Wildman–Crippen LogP) is -2.69. The van der Waals surface area contributed by atoms with Gasteiger partial charge in [-0.05, 0) is 0 Å². The number of rotatable bonds is 7. The molecule has 17 heteroatoms. The van der Waals surface area contributed by atoms with Gasteiger partial charge in [0.05, 0.1) is 6.33 Å². The summed E-state index contributed by atoms with van der Waals surface area (Å²) in [4.78, 5) is 53.5. The standard InChI is InChI=1S/C11H12N8O9/c12-8-3-10(15-1-14-8)17(2-16-3)11-7(28-19(24)25)6(27-18(22)23)5(26-11)4(20)9(13)21/h1-2,4-7,11,20H,(H2,13,21)(H2,12,14,15)/t4?,5-,6-,7-,11-/m1/s1. The molecular weight excluding hydrogens is 388 g/mol. The molecule has 17 nitrogen and oxygen atoms in total. The highest BCUT2D eigenvalue weighted by Gasteiger charge is 2.54. The van der Waals surface area contributed by atoms with Gasteiger partial charge in [0, 0.05) is 0 Å². The minimum Gasteiger partial charge on any atom is -0.382 e. The number of hydrogen-bond acceptors (Lipinski definition) is 13. The number of anilines is 1. The lowest BCUT2D eigenvalue weighted by molar-refractivity contribution is -0.798. The average Bonchev–Trinajstić information content (AvgIpc) is 3.17. The summed E-state index contributed by atoms with van der Waals surface area (Å²) in [5.41, 5.74) is 10.8. The van der Waals surface area contributed by atoms with E-state index in [1.165, 1.54) is 0 Å². The maximum absolute atomic E-state index is 11.3. The molecule has 3 rings (SSSR count). The molecule has 5 atom stereocenters. The van der Waals surface area contributed by atoms with Gasteiger partial charge in [-0.1, -0.05) is 0 Å². The van der Waals surface area contributed by atoms with E-state index in [0.717, 1.165) is 17.2 Å². The van der Waals surface area contributed by atoms with Crippen molar-refractivity contribution in [2.45, 2.75) is 30.6 Å². The summed E-state index contributed by atoms with van der Waals surface area (Å²) in [7, 11) is 0. The van der Waals surface area contributed by atoms with E-state index < -0.39 is 46.7 Å². The van der Waals surface area contributed by atoms with Gasteiger partial charge in [-0.2, -0.15) is 0 Å². The molecule has 1 saturated heterocycles. The van der Waals surface area contributed by atoms with E-state index in [2.05, 4.69) is 24.6 Å². The number of nitrogens with zero attached hydrogens (tertiary/aromatic N) is 6. The molecule has 0 aromatic carbocycles. The molecule has 0 spiro atoms. The number of nitrogens with two attached hydrogens (primary N) is 2. The van der Waals surface area contributed by atoms with Crippen molar-refractivity contribution < 1.29 is 34.5 Å². The van der Waals surface area contributed by atoms with Crippen LogP contribution in [-0.2, 0) is 19.2 Å². The number of aliphatic hydroxyl groups excluding tert-OH is 1. The van der Waals surface area contributed by atoms with E-state index in [1.807, 2.05) is 0 Å². The molecule has 150 valence electrons. The molecule has 0 aliphatic carbocycles. The van der Waals surface area contributed by atoms with Gasteiger partial charge in [-0.3, -0.25) is 9.36 Å². The van der Waals surface area contributed by atoms with Crippen LogP contribution in [-0.4, -0.2) is 65.1 Å². The van der Waals surface area contributed by atoms with Crippen LogP contribution < -0.4 is 11.5 Å². The molecule has 2 aromatic rings. The Labute approximate surface area is 153 Å². The van der Waals surface area contributed by atoms with Crippen LogP contribution in [0.25, 0.3) is 11.2 Å². The first kappa shape index (κ1) is 18.9. The number of imidazole rings is 1. The van der Waals surface area contributed by atoms with Gasteiger partial charge in [0.2, 0.25) is 5.91 Å². The number of nitrogen functional groups attached to an aromatic ring is 1. The third-order valence-corrected chi connectivity index (χ3v) is 3.90. The first-order valence-corrected chi connectivity index (χ1v) is 7.39. The van der Waals surface area contributed by atoms with E-state index in [1.54, 1.807) is 0 Å². The van der Waals surface area contributed by atoms with Crippen LogP contribution in [0.2, 0.25) is 0 Å². The fourth-order valence-electron chi connectivity index (χ4n) is 2.79. The van der Waals surface area contributed by atoms with Crippen molar-refractivity contribution in [3.05, 3.63) is 32.9 Å². The molecule has 0 bridgehead atoms. The first-order chi connectivity index (χ1) is 13.2. The van der Waals surface area contributed by atoms with Gasteiger partial charge < -0.3 is 31.0 Å². The number of aliphatic hydroxyl groups is 1. The Balaban J connectivity index is 2.09. The number of primary amides is 1. The van der Waals surface area contributed by atoms with Crippen molar-refractivity contribution in [1.29, 1.82) is 0 Å². The smallest absolute Gasteiger partial charge is 0.295 e. The molecule has 3 heterocycles. The predicted molar refractivity (Wildman–Crippen MR) is 82.6 cm³/mol. The number of ether oxygens (including phenoxy) is 1. The monoisotopic (exact) mass is 400 g/mol. The van der Waals surface area contributed by atoms with Crippen molar-refractivity contribution in [3.63, 3.8) is 0 Å². The Morgan fingerprint density at radius 1 is 1.25 bits per heavy atom. The highest BCUT2D eigenvalue weighted by atomic mass is 17.0. The number of carbonyl (C=O) groups excluding carboxylic acids is 1. The Morgan fingerprint density at radius 2 is 1.89 bits per heavy atom. The van der Waals surface area contributed by atoms with Crippen LogP contribution in [0, 0.1) is 20.2 Å². The average molecular weight is 400 g/mol.